The number of ketones is 2. The van der Waals surface area contributed by atoms with Crippen LogP contribution in [0.25, 0.3) is 0 Å². The molecule has 1 heterocycles. The van der Waals surface area contributed by atoms with E-state index >= 15 is 0 Å². The van der Waals surface area contributed by atoms with E-state index in [4.69, 9.17) is 4.74 Å². The zero-order chi connectivity index (χ0) is 26.0. The number of carbonyl (C=O) groups is 4. The Hall–Kier alpha value is -3.78. The van der Waals surface area contributed by atoms with Gasteiger partial charge >= 0.3 is 0 Å². The van der Waals surface area contributed by atoms with Gasteiger partial charge < -0.3 is 9.84 Å². The first kappa shape index (κ1) is 23.6. The van der Waals surface area contributed by atoms with Crippen molar-refractivity contribution in [3.05, 3.63) is 87.4 Å². The Morgan fingerprint density at radius 3 is 2.49 bits per heavy atom. The summed E-state index contributed by atoms with van der Waals surface area (Å²) in [6, 6.07) is 13.5. The number of anilines is 1. The zero-order valence-electron chi connectivity index (χ0n) is 19.8. The number of rotatable bonds is 3. The van der Waals surface area contributed by atoms with Crippen LogP contribution in [0.4, 0.5) is 5.69 Å². The number of fused-ring (bicyclic) bond motifs is 3. The number of carbonyl (C=O) groups excluding carboxylic acids is 4. The zero-order valence-corrected chi connectivity index (χ0v) is 21.4. The van der Waals surface area contributed by atoms with Crippen molar-refractivity contribution in [3.8, 4) is 11.5 Å². The maximum atomic E-state index is 13.8. The molecule has 1 N–H and O–H groups in total. The van der Waals surface area contributed by atoms with E-state index in [2.05, 4.69) is 15.9 Å². The molecule has 7 nitrogen and oxygen atoms in total. The Bertz CT molecular complexity index is 1490. The summed E-state index contributed by atoms with van der Waals surface area (Å²) < 4.78 is 5.74. The number of methoxy groups -OCH3 is 1. The minimum Gasteiger partial charge on any atom is -0.508 e. The molecule has 8 heteroatoms. The van der Waals surface area contributed by atoms with Crippen LogP contribution in [-0.2, 0) is 19.2 Å². The Labute approximate surface area is 221 Å². The lowest BCUT2D eigenvalue weighted by Gasteiger charge is -2.42. The topological polar surface area (TPSA) is 101 Å². The third-order valence-electron chi connectivity index (χ3n) is 7.87. The van der Waals surface area contributed by atoms with E-state index in [-0.39, 0.29) is 40.0 Å². The van der Waals surface area contributed by atoms with E-state index in [1.165, 1.54) is 30.2 Å². The SMILES string of the molecule is COc1cc(O)ccc1C1C2=CCC3C(=O)N(c4ccccc4)C(=O)C3C2CC2=C1C(=O)C=C(Br)C2=O. The third kappa shape index (κ3) is 3.46. The molecule has 1 fully saturated rings. The fourth-order valence-electron chi connectivity index (χ4n) is 6.33. The van der Waals surface area contributed by atoms with E-state index in [1.807, 2.05) is 12.1 Å². The van der Waals surface area contributed by atoms with Gasteiger partial charge in [-0.2, -0.15) is 0 Å². The van der Waals surface area contributed by atoms with Crippen molar-refractivity contribution < 1.29 is 29.0 Å². The van der Waals surface area contributed by atoms with Gasteiger partial charge in [-0.1, -0.05) is 35.9 Å². The summed E-state index contributed by atoms with van der Waals surface area (Å²) in [4.78, 5) is 55.2. The van der Waals surface area contributed by atoms with E-state index in [9.17, 15) is 24.3 Å². The average molecular weight is 560 g/mol. The van der Waals surface area contributed by atoms with Gasteiger partial charge in [-0.05, 0) is 52.9 Å². The molecule has 4 unspecified atom stereocenters. The normalized spacial score (nSPS) is 26.9. The molecular formula is C29H22BrNO6. The van der Waals surface area contributed by atoms with Gasteiger partial charge in [0.05, 0.1) is 29.1 Å². The molecule has 1 aliphatic heterocycles. The number of imide groups is 1. The number of nitrogens with zero attached hydrogens (tertiary/aromatic N) is 1. The summed E-state index contributed by atoms with van der Waals surface area (Å²) in [6.07, 6.45) is 3.78. The maximum absolute atomic E-state index is 13.8. The molecule has 0 spiro atoms. The Balaban J connectivity index is 1.52. The number of allylic oxidation sites excluding steroid dienone is 6. The summed E-state index contributed by atoms with van der Waals surface area (Å²) in [6.45, 7) is 0. The third-order valence-corrected chi connectivity index (χ3v) is 8.46. The highest BCUT2D eigenvalue weighted by atomic mass is 79.9. The summed E-state index contributed by atoms with van der Waals surface area (Å²) in [5, 5.41) is 10.1. The average Bonchev–Trinajstić information content (AvgIpc) is 3.16. The van der Waals surface area contributed by atoms with Gasteiger partial charge in [0.15, 0.2) is 11.6 Å². The monoisotopic (exact) mass is 559 g/mol. The molecule has 2 aromatic rings. The number of Topliss-reactive ketones (excluding diaryl/α,β-unsaturated/α-hetero) is 1. The van der Waals surface area contributed by atoms with E-state index in [1.54, 1.807) is 30.3 Å². The fraction of sp³-hybridized carbons (Fsp3) is 0.241. The Morgan fingerprint density at radius 1 is 1.00 bits per heavy atom. The summed E-state index contributed by atoms with van der Waals surface area (Å²) in [5.74, 6) is -3.03. The lowest BCUT2D eigenvalue weighted by Crippen LogP contribution is -2.39. The van der Waals surface area contributed by atoms with Crippen LogP contribution in [0.1, 0.15) is 24.3 Å². The number of hydrogen-bond donors (Lipinski definition) is 1. The van der Waals surface area contributed by atoms with Gasteiger partial charge in [0.1, 0.15) is 11.5 Å². The summed E-state index contributed by atoms with van der Waals surface area (Å²) in [7, 11) is 1.47. The molecule has 4 atom stereocenters. The number of amides is 2. The molecule has 2 amide bonds. The van der Waals surface area contributed by atoms with Crippen LogP contribution in [0.2, 0.25) is 0 Å². The lowest BCUT2D eigenvalue weighted by molar-refractivity contribution is -0.123. The molecule has 37 heavy (non-hydrogen) atoms. The lowest BCUT2D eigenvalue weighted by atomic mass is 9.59. The molecule has 3 aliphatic carbocycles. The number of hydrogen-bond acceptors (Lipinski definition) is 6. The van der Waals surface area contributed by atoms with E-state index in [0.717, 1.165) is 5.57 Å². The highest BCUT2D eigenvalue weighted by Crippen LogP contribution is 2.56. The first-order valence-electron chi connectivity index (χ1n) is 12.0. The number of ether oxygens (including phenoxy) is 1. The molecule has 0 bridgehead atoms. The van der Waals surface area contributed by atoms with Crippen LogP contribution in [0.5, 0.6) is 11.5 Å². The van der Waals surface area contributed by atoms with Crippen molar-refractivity contribution >= 4 is 45.0 Å². The smallest absolute Gasteiger partial charge is 0.238 e. The van der Waals surface area contributed by atoms with Gasteiger partial charge in [-0.15, -0.1) is 0 Å². The molecular weight excluding hydrogens is 538 g/mol. The molecule has 6 rings (SSSR count). The Morgan fingerprint density at radius 2 is 1.76 bits per heavy atom. The number of aromatic hydroxyl groups is 1. The number of para-hydroxylation sites is 1. The quantitative estimate of drug-likeness (QED) is 0.340. The second-order valence-electron chi connectivity index (χ2n) is 9.67. The molecule has 0 saturated carbocycles. The minimum absolute atomic E-state index is 0.00334. The van der Waals surface area contributed by atoms with E-state index in [0.29, 0.717) is 34.6 Å². The van der Waals surface area contributed by atoms with Crippen LogP contribution < -0.4 is 9.64 Å². The number of phenolic OH excluding ortho intramolecular Hbond substituents is 1. The van der Waals surface area contributed by atoms with Crippen LogP contribution in [-0.4, -0.2) is 35.6 Å². The molecule has 1 saturated heterocycles. The van der Waals surface area contributed by atoms with Gasteiger partial charge in [0, 0.05) is 34.8 Å². The van der Waals surface area contributed by atoms with Crippen molar-refractivity contribution in [1.82, 2.24) is 0 Å². The van der Waals surface area contributed by atoms with Crippen LogP contribution >= 0.6 is 15.9 Å². The largest absolute Gasteiger partial charge is 0.508 e. The minimum atomic E-state index is -0.653. The van der Waals surface area contributed by atoms with Crippen LogP contribution in [0.3, 0.4) is 0 Å². The number of halogens is 1. The van der Waals surface area contributed by atoms with E-state index < -0.39 is 23.7 Å². The highest BCUT2D eigenvalue weighted by molar-refractivity contribution is 9.12. The van der Waals surface area contributed by atoms with Crippen molar-refractivity contribution in [2.45, 2.75) is 18.8 Å². The Kier molecular flexibility index (Phi) is 5.53. The van der Waals surface area contributed by atoms with Crippen LogP contribution in [0.15, 0.2) is 81.9 Å². The van der Waals surface area contributed by atoms with Gasteiger partial charge in [-0.25, -0.2) is 0 Å². The molecule has 186 valence electrons. The molecule has 0 aromatic heterocycles. The first-order chi connectivity index (χ1) is 17.8. The molecule has 2 aromatic carbocycles. The molecule has 0 radical (unpaired) electrons. The fourth-order valence-corrected chi connectivity index (χ4v) is 6.78. The van der Waals surface area contributed by atoms with Crippen molar-refractivity contribution in [2.24, 2.45) is 17.8 Å². The number of benzene rings is 2. The highest BCUT2D eigenvalue weighted by Gasteiger charge is 2.56. The van der Waals surface area contributed by atoms with Crippen molar-refractivity contribution in [2.75, 3.05) is 12.0 Å². The van der Waals surface area contributed by atoms with Crippen molar-refractivity contribution in [3.63, 3.8) is 0 Å². The summed E-state index contributed by atoms with van der Waals surface area (Å²) >= 11 is 3.23. The molecule has 4 aliphatic rings. The first-order valence-corrected chi connectivity index (χ1v) is 12.8. The maximum Gasteiger partial charge on any atom is 0.238 e. The second-order valence-corrected chi connectivity index (χ2v) is 10.5. The van der Waals surface area contributed by atoms with Gasteiger partial charge in [-0.3, -0.25) is 24.1 Å². The standard InChI is InChI=1S/C29H22BrNO6/c1-37-23-11-15(32)7-8-17(23)24-16-9-10-18-25(29(36)31(28(18)35)14-5-3-2-4-6-14)19(16)12-20-26(24)22(33)13-21(30)27(20)34/h2-9,11,13,18-19,24-25,32H,10,12H2,1H3. The predicted octanol–water partition coefficient (Wildman–Crippen LogP) is 4.37. The summed E-state index contributed by atoms with van der Waals surface area (Å²) in [5.41, 5.74) is 2.67. The van der Waals surface area contributed by atoms with Crippen molar-refractivity contribution in [1.29, 1.82) is 0 Å². The number of phenols is 1. The van der Waals surface area contributed by atoms with Gasteiger partial charge in [0.25, 0.3) is 0 Å². The van der Waals surface area contributed by atoms with Gasteiger partial charge in [0.2, 0.25) is 11.8 Å². The predicted molar refractivity (Wildman–Crippen MR) is 138 cm³/mol. The second kappa shape index (κ2) is 8.66. The van der Waals surface area contributed by atoms with Crippen LogP contribution in [0, 0.1) is 17.8 Å².